The molecular formula is C18H22F2N2O4S. The van der Waals surface area contributed by atoms with Crippen molar-refractivity contribution in [2.45, 2.75) is 44.8 Å². The smallest absolute Gasteiger partial charge is 0.267 e. The molecule has 2 atom stereocenters. The quantitative estimate of drug-likeness (QED) is 0.734. The lowest BCUT2D eigenvalue weighted by Crippen LogP contribution is -2.46. The van der Waals surface area contributed by atoms with Crippen LogP contribution >= 0.6 is 0 Å². The van der Waals surface area contributed by atoms with Crippen LogP contribution in [0, 0.1) is 11.6 Å². The molecule has 2 unspecified atom stereocenters. The van der Waals surface area contributed by atoms with Crippen LogP contribution in [0.2, 0.25) is 0 Å². The monoisotopic (exact) mass is 400 g/mol. The summed E-state index contributed by atoms with van der Waals surface area (Å²) in [5, 5.41) is 3.77. The summed E-state index contributed by atoms with van der Waals surface area (Å²) in [6.45, 7) is 2.41. The first-order valence-electron chi connectivity index (χ1n) is 8.99. The van der Waals surface area contributed by atoms with Gasteiger partial charge < -0.3 is 9.74 Å². The minimum Gasteiger partial charge on any atom is -0.382 e. The van der Waals surface area contributed by atoms with Crippen molar-refractivity contribution in [3.63, 3.8) is 0 Å². The van der Waals surface area contributed by atoms with Crippen LogP contribution in [0.5, 0.6) is 0 Å². The first-order valence-corrected chi connectivity index (χ1v) is 10.8. The molecule has 27 heavy (non-hydrogen) atoms. The van der Waals surface area contributed by atoms with E-state index in [-0.39, 0.29) is 41.2 Å². The minimum atomic E-state index is -3.14. The summed E-state index contributed by atoms with van der Waals surface area (Å²) in [5.74, 6) is -1.60. The lowest BCUT2D eigenvalue weighted by molar-refractivity contribution is -0.144. The van der Waals surface area contributed by atoms with Gasteiger partial charge in [-0.05, 0) is 31.0 Å². The van der Waals surface area contributed by atoms with Gasteiger partial charge in [0.15, 0.2) is 9.84 Å². The van der Waals surface area contributed by atoms with Crippen LogP contribution in [0.1, 0.15) is 38.2 Å². The van der Waals surface area contributed by atoms with Crippen molar-refractivity contribution in [2.24, 2.45) is 5.16 Å². The lowest BCUT2D eigenvalue weighted by atomic mass is 10.0. The van der Waals surface area contributed by atoms with Crippen molar-refractivity contribution in [1.29, 1.82) is 0 Å². The highest BCUT2D eigenvalue weighted by Crippen LogP contribution is 2.25. The van der Waals surface area contributed by atoms with Crippen LogP contribution in [0.3, 0.4) is 0 Å². The summed E-state index contributed by atoms with van der Waals surface area (Å²) in [5.41, 5.74) is 0.133. The number of benzene rings is 1. The summed E-state index contributed by atoms with van der Waals surface area (Å²) < 4.78 is 50.9. The Bertz CT molecular complexity index is 857. The van der Waals surface area contributed by atoms with Gasteiger partial charge in [-0.1, -0.05) is 18.5 Å². The van der Waals surface area contributed by atoms with E-state index in [4.69, 9.17) is 4.84 Å². The molecule has 1 fully saturated rings. The standard InChI is InChI=1S/C18H22F2N2O4S/c1-2-3-7-22(13-6-8-27(24,25)11-13)18(23)17-10-16(21-26-17)14-9-12(19)4-5-15(14)20/h4-5,9,13,17H,2-3,6-8,10-11H2,1H3. The fourth-order valence-electron chi connectivity index (χ4n) is 3.39. The predicted molar refractivity (Wildman–Crippen MR) is 96.1 cm³/mol. The van der Waals surface area contributed by atoms with Gasteiger partial charge in [-0.25, -0.2) is 17.2 Å². The fourth-order valence-corrected chi connectivity index (χ4v) is 5.13. The number of halogens is 2. The Balaban J connectivity index is 1.73. The van der Waals surface area contributed by atoms with Crippen LogP contribution in [-0.2, 0) is 19.5 Å². The molecule has 6 nitrogen and oxygen atoms in total. The van der Waals surface area contributed by atoms with Gasteiger partial charge in [0.05, 0.1) is 17.2 Å². The first-order chi connectivity index (χ1) is 12.8. The van der Waals surface area contributed by atoms with Crippen LogP contribution in [0.15, 0.2) is 23.4 Å². The first kappa shape index (κ1) is 19.7. The third-order valence-electron chi connectivity index (χ3n) is 4.87. The SMILES string of the molecule is CCCCN(C(=O)C1CC(c2cc(F)ccc2F)=NO1)C1CCS(=O)(=O)C1. The average Bonchev–Trinajstić information content (AvgIpc) is 3.24. The van der Waals surface area contributed by atoms with E-state index in [0.29, 0.717) is 13.0 Å². The molecule has 0 spiro atoms. The maximum atomic E-state index is 13.9. The molecule has 0 N–H and O–H groups in total. The van der Waals surface area contributed by atoms with Crippen molar-refractivity contribution >= 4 is 21.5 Å². The summed E-state index contributed by atoms with van der Waals surface area (Å²) in [4.78, 5) is 19.7. The van der Waals surface area contributed by atoms with Crippen molar-refractivity contribution < 1.29 is 26.8 Å². The second kappa shape index (κ2) is 7.92. The lowest BCUT2D eigenvalue weighted by Gasteiger charge is -2.29. The van der Waals surface area contributed by atoms with Crippen molar-refractivity contribution in [3.8, 4) is 0 Å². The molecule has 1 amide bonds. The van der Waals surface area contributed by atoms with Crippen LogP contribution in [0.4, 0.5) is 8.78 Å². The molecule has 1 aromatic carbocycles. The van der Waals surface area contributed by atoms with Crippen LogP contribution in [0.25, 0.3) is 0 Å². The number of sulfone groups is 1. The Kier molecular flexibility index (Phi) is 5.78. The maximum Gasteiger partial charge on any atom is 0.267 e. The molecule has 0 aromatic heterocycles. The van der Waals surface area contributed by atoms with Gasteiger partial charge >= 0.3 is 0 Å². The van der Waals surface area contributed by atoms with Crippen molar-refractivity contribution in [2.75, 3.05) is 18.1 Å². The Morgan fingerprint density at radius 3 is 2.81 bits per heavy atom. The van der Waals surface area contributed by atoms with Gasteiger partial charge in [0, 0.05) is 24.6 Å². The normalized spacial score (nSPS) is 23.7. The molecule has 2 aliphatic heterocycles. The molecule has 1 aromatic rings. The highest BCUT2D eigenvalue weighted by molar-refractivity contribution is 7.91. The summed E-state index contributed by atoms with van der Waals surface area (Å²) in [6.07, 6.45) is 1.05. The van der Waals surface area contributed by atoms with Gasteiger partial charge in [0.25, 0.3) is 5.91 Å². The van der Waals surface area contributed by atoms with E-state index in [0.717, 1.165) is 31.0 Å². The topological polar surface area (TPSA) is 76.0 Å². The number of carbonyl (C=O) groups is 1. The Morgan fingerprint density at radius 2 is 2.15 bits per heavy atom. The number of nitrogens with zero attached hydrogens (tertiary/aromatic N) is 2. The molecule has 0 aliphatic carbocycles. The molecular weight excluding hydrogens is 378 g/mol. The largest absolute Gasteiger partial charge is 0.382 e. The highest BCUT2D eigenvalue weighted by atomic mass is 32.2. The van der Waals surface area contributed by atoms with E-state index >= 15 is 0 Å². The van der Waals surface area contributed by atoms with E-state index in [1.54, 1.807) is 4.90 Å². The molecule has 3 rings (SSSR count). The summed E-state index contributed by atoms with van der Waals surface area (Å²) in [6, 6.07) is 2.64. The minimum absolute atomic E-state index is 0.0152. The number of unbranched alkanes of at least 4 members (excludes halogenated alkanes) is 1. The third kappa shape index (κ3) is 4.45. The van der Waals surface area contributed by atoms with Gasteiger partial charge in [-0.3, -0.25) is 4.79 Å². The number of rotatable bonds is 6. The maximum absolute atomic E-state index is 13.9. The Hall–Kier alpha value is -2.03. The molecule has 0 radical (unpaired) electrons. The molecule has 1 saturated heterocycles. The number of amides is 1. The molecule has 2 aliphatic rings. The van der Waals surface area contributed by atoms with Gasteiger partial charge in [0.1, 0.15) is 11.6 Å². The zero-order valence-electron chi connectivity index (χ0n) is 15.0. The van der Waals surface area contributed by atoms with Crippen LogP contribution < -0.4 is 0 Å². The number of hydrogen-bond acceptors (Lipinski definition) is 5. The fraction of sp³-hybridized carbons (Fsp3) is 0.556. The van der Waals surface area contributed by atoms with Crippen molar-refractivity contribution in [3.05, 3.63) is 35.4 Å². The summed E-state index contributed by atoms with van der Waals surface area (Å²) >= 11 is 0. The van der Waals surface area contributed by atoms with E-state index in [1.807, 2.05) is 6.92 Å². The molecule has 2 heterocycles. The predicted octanol–water partition coefficient (Wildman–Crippen LogP) is 2.27. The van der Waals surface area contributed by atoms with E-state index < -0.39 is 27.6 Å². The second-order valence-electron chi connectivity index (χ2n) is 6.90. The number of hydrogen-bond donors (Lipinski definition) is 0. The van der Waals surface area contributed by atoms with Crippen LogP contribution in [-0.4, -0.2) is 55.1 Å². The van der Waals surface area contributed by atoms with E-state index in [1.165, 1.54) is 0 Å². The third-order valence-corrected chi connectivity index (χ3v) is 6.62. The zero-order valence-corrected chi connectivity index (χ0v) is 15.8. The Labute approximate surface area is 157 Å². The number of carbonyl (C=O) groups excluding carboxylic acids is 1. The highest BCUT2D eigenvalue weighted by Gasteiger charge is 2.39. The molecule has 0 bridgehead atoms. The molecule has 9 heteroatoms. The Morgan fingerprint density at radius 1 is 1.37 bits per heavy atom. The van der Waals surface area contributed by atoms with Crippen molar-refractivity contribution in [1.82, 2.24) is 4.90 Å². The molecule has 148 valence electrons. The van der Waals surface area contributed by atoms with E-state index in [9.17, 15) is 22.0 Å². The molecule has 0 saturated carbocycles. The van der Waals surface area contributed by atoms with Gasteiger partial charge in [0.2, 0.25) is 6.10 Å². The summed E-state index contributed by atoms with van der Waals surface area (Å²) in [7, 11) is -3.14. The zero-order chi connectivity index (χ0) is 19.6. The van der Waals surface area contributed by atoms with E-state index in [2.05, 4.69) is 5.16 Å². The second-order valence-corrected chi connectivity index (χ2v) is 9.13. The number of oxime groups is 1. The van der Waals surface area contributed by atoms with Gasteiger partial charge in [-0.15, -0.1) is 0 Å². The van der Waals surface area contributed by atoms with Gasteiger partial charge in [-0.2, -0.15) is 0 Å². The average molecular weight is 400 g/mol.